The van der Waals surface area contributed by atoms with Gasteiger partial charge in [-0.1, -0.05) is 0 Å². The van der Waals surface area contributed by atoms with Crippen LogP contribution in [0.4, 0.5) is 0 Å². The summed E-state index contributed by atoms with van der Waals surface area (Å²) in [6, 6.07) is 0.0967. The van der Waals surface area contributed by atoms with Gasteiger partial charge in [-0.25, -0.2) is 9.97 Å². The smallest absolute Gasteiger partial charge is 0.287 e. The zero-order valence-corrected chi connectivity index (χ0v) is 15.2. The molecule has 0 aromatic carbocycles. The fraction of sp³-hybridized carbons (Fsp3) is 0.588. The number of nitrogens with one attached hydrogen (secondary N) is 3. The summed E-state index contributed by atoms with van der Waals surface area (Å²) < 4.78 is 1.70. The highest BCUT2D eigenvalue weighted by atomic mass is 16.2. The van der Waals surface area contributed by atoms with Crippen LogP contribution in [0, 0.1) is 12.8 Å². The zero-order chi connectivity index (χ0) is 18.5. The molecule has 2 aromatic heterocycles. The average molecular weight is 359 g/mol. The Labute approximate surface area is 152 Å². The maximum Gasteiger partial charge on any atom is 0.287 e. The van der Waals surface area contributed by atoms with E-state index < -0.39 is 0 Å². The summed E-state index contributed by atoms with van der Waals surface area (Å²) in [5, 5.41) is 12.8. The number of aryl methyl sites for hydroxylation is 2. The molecule has 0 saturated heterocycles. The van der Waals surface area contributed by atoms with Gasteiger partial charge in [0.05, 0.1) is 0 Å². The molecule has 0 unspecified atom stereocenters. The van der Waals surface area contributed by atoms with Crippen LogP contribution in [0.25, 0.3) is 0 Å². The number of carbonyl (C=O) groups is 2. The van der Waals surface area contributed by atoms with Gasteiger partial charge in [0.2, 0.25) is 5.91 Å². The second-order valence-corrected chi connectivity index (χ2v) is 6.76. The molecular weight excluding hydrogens is 334 g/mol. The van der Waals surface area contributed by atoms with E-state index in [1.54, 1.807) is 24.0 Å². The van der Waals surface area contributed by atoms with Crippen molar-refractivity contribution in [3.05, 3.63) is 29.9 Å². The Balaban J connectivity index is 1.38. The van der Waals surface area contributed by atoms with Gasteiger partial charge in [0, 0.05) is 44.4 Å². The Bertz CT molecular complexity index is 759. The van der Waals surface area contributed by atoms with Gasteiger partial charge in [0.15, 0.2) is 11.6 Å². The fourth-order valence-electron chi connectivity index (χ4n) is 3.28. The van der Waals surface area contributed by atoms with Crippen LogP contribution in [0.5, 0.6) is 0 Å². The summed E-state index contributed by atoms with van der Waals surface area (Å²) in [4.78, 5) is 32.8. The van der Waals surface area contributed by atoms with E-state index >= 15 is 0 Å². The van der Waals surface area contributed by atoms with Gasteiger partial charge in [-0.3, -0.25) is 14.7 Å². The summed E-state index contributed by atoms with van der Waals surface area (Å²) in [6.07, 6.45) is 7.12. The molecule has 9 nitrogen and oxygen atoms in total. The molecule has 140 valence electrons. The lowest BCUT2D eigenvalue weighted by molar-refractivity contribution is -0.126. The highest BCUT2D eigenvalue weighted by Gasteiger charge is 2.27. The van der Waals surface area contributed by atoms with Crippen molar-refractivity contribution < 1.29 is 9.59 Å². The number of amides is 2. The Morgan fingerprint density at radius 2 is 2.08 bits per heavy atom. The number of carbonyl (C=O) groups excluding carboxylic acids is 2. The van der Waals surface area contributed by atoms with Crippen LogP contribution >= 0.6 is 0 Å². The zero-order valence-electron chi connectivity index (χ0n) is 15.2. The number of rotatable bonds is 6. The van der Waals surface area contributed by atoms with Crippen molar-refractivity contribution in [3.63, 3.8) is 0 Å². The molecule has 26 heavy (non-hydrogen) atoms. The third-order valence-corrected chi connectivity index (χ3v) is 4.75. The normalized spacial score (nSPS) is 19.9. The second-order valence-electron chi connectivity index (χ2n) is 6.76. The van der Waals surface area contributed by atoms with Crippen LogP contribution in [-0.4, -0.2) is 49.1 Å². The van der Waals surface area contributed by atoms with E-state index in [2.05, 4.69) is 30.8 Å². The lowest BCUT2D eigenvalue weighted by Gasteiger charge is -2.28. The first-order chi connectivity index (χ1) is 12.5. The van der Waals surface area contributed by atoms with Crippen molar-refractivity contribution in [3.8, 4) is 0 Å². The topological polar surface area (TPSA) is 118 Å². The van der Waals surface area contributed by atoms with Crippen LogP contribution < -0.4 is 10.6 Å². The molecule has 0 radical (unpaired) electrons. The molecule has 1 saturated carbocycles. The van der Waals surface area contributed by atoms with Crippen LogP contribution in [0.15, 0.2) is 12.4 Å². The van der Waals surface area contributed by atoms with Crippen molar-refractivity contribution in [2.75, 3.05) is 6.54 Å². The van der Waals surface area contributed by atoms with Crippen molar-refractivity contribution in [2.45, 2.75) is 45.1 Å². The first kappa shape index (κ1) is 18.1. The number of aromatic amines is 1. The number of hydrogen-bond acceptors (Lipinski definition) is 5. The van der Waals surface area contributed by atoms with Gasteiger partial charge in [0.25, 0.3) is 5.91 Å². The predicted molar refractivity (Wildman–Crippen MR) is 94.3 cm³/mol. The van der Waals surface area contributed by atoms with Crippen molar-refractivity contribution >= 4 is 11.8 Å². The molecular formula is C17H25N7O2. The van der Waals surface area contributed by atoms with Crippen molar-refractivity contribution in [2.24, 2.45) is 13.0 Å². The molecule has 3 rings (SSSR count). The lowest BCUT2D eigenvalue weighted by Crippen LogP contribution is -2.41. The predicted octanol–water partition coefficient (Wildman–Crippen LogP) is 0.494. The Morgan fingerprint density at radius 3 is 2.69 bits per heavy atom. The summed E-state index contributed by atoms with van der Waals surface area (Å²) in [5.41, 5.74) is 0. The summed E-state index contributed by atoms with van der Waals surface area (Å²) in [6.45, 7) is 2.38. The fourth-order valence-corrected chi connectivity index (χ4v) is 3.28. The molecule has 0 atom stereocenters. The highest BCUT2D eigenvalue weighted by molar-refractivity contribution is 5.91. The van der Waals surface area contributed by atoms with Crippen molar-refractivity contribution in [1.29, 1.82) is 0 Å². The quantitative estimate of drug-likeness (QED) is 0.694. The largest absolute Gasteiger partial charge is 0.355 e. The van der Waals surface area contributed by atoms with Gasteiger partial charge >= 0.3 is 0 Å². The molecule has 2 aromatic rings. The van der Waals surface area contributed by atoms with Gasteiger partial charge in [0.1, 0.15) is 5.82 Å². The van der Waals surface area contributed by atoms with Gasteiger partial charge < -0.3 is 15.2 Å². The van der Waals surface area contributed by atoms with E-state index in [1.165, 1.54) is 0 Å². The number of H-pyrrole nitrogens is 1. The number of nitrogens with zero attached hydrogens (tertiary/aromatic N) is 4. The maximum absolute atomic E-state index is 12.3. The molecule has 0 aliphatic heterocycles. The van der Waals surface area contributed by atoms with Crippen molar-refractivity contribution in [1.82, 2.24) is 35.4 Å². The van der Waals surface area contributed by atoms with E-state index in [0.717, 1.165) is 31.5 Å². The second kappa shape index (κ2) is 8.11. The summed E-state index contributed by atoms with van der Waals surface area (Å²) in [5.74, 6) is 1.82. The van der Waals surface area contributed by atoms with E-state index in [1.807, 2.05) is 6.92 Å². The highest BCUT2D eigenvalue weighted by Crippen LogP contribution is 2.24. The summed E-state index contributed by atoms with van der Waals surface area (Å²) >= 11 is 0. The van der Waals surface area contributed by atoms with Gasteiger partial charge in [-0.15, -0.1) is 0 Å². The SMILES string of the molecule is Cc1nc(CCNC(=O)C2CCC(NC(=O)c3nccn3C)CC2)n[nH]1. The van der Waals surface area contributed by atoms with Crippen LogP contribution in [0.1, 0.15) is 48.0 Å². The monoisotopic (exact) mass is 359 g/mol. The van der Waals surface area contributed by atoms with E-state index in [-0.39, 0.29) is 23.8 Å². The number of hydrogen-bond donors (Lipinski definition) is 3. The summed E-state index contributed by atoms with van der Waals surface area (Å²) in [7, 11) is 1.79. The Kier molecular flexibility index (Phi) is 5.65. The van der Waals surface area contributed by atoms with Gasteiger partial charge in [-0.05, 0) is 32.6 Å². The minimum Gasteiger partial charge on any atom is -0.355 e. The number of imidazole rings is 1. The van der Waals surface area contributed by atoms with Crippen LogP contribution in [0.2, 0.25) is 0 Å². The third-order valence-electron chi connectivity index (χ3n) is 4.75. The standard InChI is InChI=1S/C17H25N7O2/c1-11-20-14(23-22-11)7-8-19-16(25)12-3-5-13(6-4-12)21-17(26)15-18-9-10-24(15)2/h9-10,12-13H,3-8H2,1-2H3,(H,19,25)(H,21,26)(H,20,22,23). The van der Waals surface area contributed by atoms with E-state index in [4.69, 9.17) is 0 Å². The molecule has 0 spiro atoms. The molecule has 1 aliphatic rings. The minimum absolute atomic E-state index is 0.00481. The molecule has 9 heteroatoms. The number of aromatic nitrogens is 5. The molecule has 2 amide bonds. The first-order valence-electron chi connectivity index (χ1n) is 8.96. The van der Waals surface area contributed by atoms with Crippen LogP contribution in [0.3, 0.4) is 0 Å². The Hall–Kier alpha value is -2.71. The molecule has 3 N–H and O–H groups in total. The molecule has 2 heterocycles. The van der Waals surface area contributed by atoms with Gasteiger partial charge in [-0.2, -0.15) is 5.10 Å². The maximum atomic E-state index is 12.3. The van der Waals surface area contributed by atoms with Crippen LogP contribution in [-0.2, 0) is 18.3 Å². The first-order valence-corrected chi connectivity index (χ1v) is 8.96. The van der Waals surface area contributed by atoms with E-state index in [0.29, 0.717) is 24.6 Å². The molecule has 1 fully saturated rings. The molecule has 1 aliphatic carbocycles. The Morgan fingerprint density at radius 1 is 1.31 bits per heavy atom. The lowest BCUT2D eigenvalue weighted by atomic mass is 9.85. The average Bonchev–Trinajstić information content (AvgIpc) is 3.23. The minimum atomic E-state index is -0.160. The third kappa shape index (κ3) is 4.47. The van der Waals surface area contributed by atoms with E-state index in [9.17, 15) is 9.59 Å². The molecule has 0 bridgehead atoms.